The SMILES string of the molecule is Nc1cc(Br)cc(C(=O)c2c(F)cc(F)cc2F)c1. The van der Waals surface area contributed by atoms with Gasteiger partial charge in [-0.15, -0.1) is 0 Å². The van der Waals surface area contributed by atoms with Crippen molar-refractivity contribution in [1.29, 1.82) is 0 Å². The smallest absolute Gasteiger partial charge is 0.199 e. The molecule has 0 aliphatic rings. The van der Waals surface area contributed by atoms with Crippen LogP contribution in [-0.4, -0.2) is 5.78 Å². The second kappa shape index (κ2) is 5.05. The fourth-order valence-electron chi connectivity index (χ4n) is 1.65. The van der Waals surface area contributed by atoms with Crippen molar-refractivity contribution in [1.82, 2.24) is 0 Å². The van der Waals surface area contributed by atoms with Crippen molar-refractivity contribution in [2.75, 3.05) is 5.73 Å². The van der Waals surface area contributed by atoms with E-state index in [0.29, 0.717) is 16.6 Å². The summed E-state index contributed by atoms with van der Waals surface area (Å²) in [5, 5.41) is 0. The minimum Gasteiger partial charge on any atom is -0.399 e. The lowest BCUT2D eigenvalue weighted by Crippen LogP contribution is -2.09. The molecule has 6 heteroatoms. The van der Waals surface area contributed by atoms with E-state index in [9.17, 15) is 18.0 Å². The molecule has 2 nitrogen and oxygen atoms in total. The molecule has 2 rings (SSSR count). The molecule has 2 aromatic rings. The van der Waals surface area contributed by atoms with Crippen molar-refractivity contribution in [3.8, 4) is 0 Å². The number of nitrogen functional groups attached to an aromatic ring is 1. The Labute approximate surface area is 115 Å². The van der Waals surface area contributed by atoms with Crippen LogP contribution in [-0.2, 0) is 0 Å². The molecule has 0 aromatic heterocycles. The van der Waals surface area contributed by atoms with Crippen LogP contribution in [0.25, 0.3) is 0 Å². The number of halogens is 4. The number of nitrogens with two attached hydrogens (primary N) is 1. The number of carbonyl (C=O) groups excluding carboxylic acids is 1. The largest absolute Gasteiger partial charge is 0.399 e. The van der Waals surface area contributed by atoms with E-state index in [1.807, 2.05) is 0 Å². The normalized spacial score (nSPS) is 10.5. The maximum absolute atomic E-state index is 13.5. The molecule has 0 unspecified atom stereocenters. The number of hydrogen-bond acceptors (Lipinski definition) is 2. The fourth-order valence-corrected chi connectivity index (χ4v) is 2.16. The van der Waals surface area contributed by atoms with Gasteiger partial charge in [0.25, 0.3) is 0 Å². The van der Waals surface area contributed by atoms with Gasteiger partial charge in [-0.25, -0.2) is 13.2 Å². The number of benzene rings is 2. The van der Waals surface area contributed by atoms with Crippen LogP contribution >= 0.6 is 15.9 Å². The summed E-state index contributed by atoms with van der Waals surface area (Å²) in [4.78, 5) is 12.0. The third-order valence-electron chi connectivity index (χ3n) is 2.42. The van der Waals surface area contributed by atoms with Crippen LogP contribution in [0, 0.1) is 17.5 Å². The lowest BCUT2D eigenvalue weighted by Gasteiger charge is -2.06. The molecule has 0 amide bonds. The maximum atomic E-state index is 13.5. The highest BCUT2D eigenvalue weighted by Gasteiger charge is 2.20. The Balaban J connectivity index is 2.56. The highest BCUT2D eigenvalue weighted by atomic mass is 79.9. The Hall–Kier alpha value is -1.82. The van der Waals surface area contributed by atoms with Crippen molar-refractivity contribution < 1.29 is 18.0 Å². The standard InChI is InChI=1S/C13H7BrF3NO/c14-7-1-6(2-9(18)3-7)13(19)12-10(16)4-8(15)5-11(12)17/h1-5H,18H2. The monoisotopic (exact) mass is 329 g/mol. The molecule has 2 aromatic carbocycles. The quantitative estimate of drug-likeness (QED) is 0.674. The van der Waals surface area contributed by atoms with Gasteiger partial charge in [0, 0.05) is 27.9 Å². The number of carbonyl (C=O) groups is 1. The summed E-state index contributed by atoms with van der Waals surface area (Å²) in [6.07, 6.45) is 0. The molecule has 2 N–H and O–H groups in total. The van der Waals surface area contributed by atoms with E-state index in [4.69, 9.17) is 5.73 Å². The minimum absolute atomic E-state index is 0.0104. The molecule has 0 heterocycles. The van der Waals surface area contributed by atoms with E-state index < -0.39 is 28.8 Å². The van der Waals surface area contributed by atoms with E-state index in [1.54, 1.807) is 0 Å². The van der Waals surface area contributed by atoms with Crippen molar-refractivity contribution >= 4 is 27.4 Å². The van der Waals surface area contributed by atoms with Gasteiger partial charge < -0.3 is 5.73 Å². The molecule has 0 radical (unpaired) electrons. The summed E-state index contributed by atoms with van der Waals surface area (Å²) < 4.78 is 40.3. The second-order valence-electron chi connectivity index (χ2n) is 3.85. The summed E-state index contributed by atoms with van der Waals surface area (Å²) in [5.74, 6) is -4.48. The third-order valence-corrected chi connectivity index (χ3v) is 2.87. The summed E-state index contributed by atoms with van der Waals surface area (Å²) in [7, 11) is 0. The van der Waals surface area contributed by atoms with Gasteiger partial charge in [-0.3, -0.25) is 4.79 Å². The Morgan fingerprint density at radius 3 is 2.11 bits per heavy atom. The molecule has 0 spiro atoms. The molecule has 98 valence electrons. The van der Waals surface area contributed by atoms with Crippen LogP contribution in [0.2, 0.25) is 0 Å². The molecular formula is C13H7BrF3NO. The second-order valence-corrected chi connectivity index (χ2v) is 4.76. The lowest BCUT2D eigenvalue weighted by molar-refractivity contribution is 0.103. The lowest BCUT2D eigenvalue weighted by atomic mass is 10.0. The highest BCUT2D eigenvalue weighted by molar-refractivity contribution is 9.10. The van der Waals surface area contributed by atoms with Crippen LogP contribution in [0.4, 0.5) is 18.9 Å². The molecule has 0 saturated heterocycles. The van der Waals surface area contributed by atoms with Gasteiger partial charge in [0.2, 0.25) is 0 Å². The molecule has 0 aliphatic carbocycles. The Bertz CT molecular complexity index is 630. The van der Waals surface area contributed by atoms with E-state index in [1.165, 1.54) is 18.2 Å². The molecule has 0 atom stereocenters. The predicted octanol–water partition coefficient (Wildman–Crippen LogP) is 3.68. The zero-order valence-corrected chi connectivity index (χ0v) is 11.0. The van der Waals surface area contributed by atoms with Crippen LogP contribution in [0.5, 0.6) is 0 Å². The van der Waals surface area contributed by atoms with E-state index in [2.05, 4.69) is 15.9 Å². The zero-order valence-electron chi connectivity index (χ0n) is 9.38. The Morgan fingerprint density at radius 2 is 1.58 bits per heavy atom. The van der Waals surface area contributed by atoms with E-state index >= 15 is 0 Å². The van der Waals surface area contributed by atoms with Gasteiger partial charge in [0.1, 0.15) is 17.5 Å². The Kier molecular flexibility index (Phi) is 3.61. The number of ketones is 1. The van der Waals surface area contributed by atoms with Crippen molar-refractivity contribution in [3.63, 3.8) is 0 Å². The summed E-state index contributed by atoms with van der Waals surface area (Å²) >= 11 is 3.12. The molecule has 19 heavy (non-hydrogen) atoms. The first kappa shape index (κ1) is 13.6. The molecule has 0 fully saturated rings. The van der Waals surface area contributed by atoms with Crippen LogP contribution in [0.1, 0.15) is 15.9 Å². The van der Waals surface area contributed by atoms with E-state index in [0.717, 1.165) is 0 Å². The predicted molar refractivity (Wildman–Crippen MR) is 68.3 cm³/mol. The number of rotatable bonds is 2. The number of anilines is 1. The molecular weight excluding hydrogens is 323 g/mol. The fraction of sp³-hybridized carbons (Fsp3) is 0. The van der Waals surface area contributed by atoms with Gasteiger partial charge in [-0.05, 0) is 18.2 Å². The Morgan fingerprint density at radius 1 is 1.00 bits per heavy atom. The van der Waals surface area contributed by atoms with Crippen LogP contribution in [0.15, 0.2) is 34.8 Å². The van der Waals surface area contributed by atoms with Crippen molar-refractivity contribution in [3.05, 3.63) is 63.4 Å². The number of hydrogen-bond donors (Lipinski definition) is 1. The van der Waals surface area contributed by atoms with Crippen molar-refractivity contribution in [2.24, 2.45) is 0 Å². The maximum Gasteiger partial charge on any atom is 0.199 e. The van der Waals surface area contributed by atoms with Crippen molar-refractivity contribution in [2.45, 2.75) is 0 Å². The first-order chi connectivity index (χ1) is 8.88. The van der Waals surface area contributed by atoms with Crippen LogP contribution < -0.4 is 5.73 Å². The van der Waals surface area contributed by atoms with Gasteiger partial charge in [0.15, 0.2) is 5.78 Å². The molecule has 0 saturated carbocycles. The molecule has 0 aliphatic heterocycles. The van der Waals surface area contributed by atoms with Crippen LogP contribution in [0.3, 0.4) is 0 Å². The van der Waals surface area contributed by atoms with Gasteiger partial charge >= 0.3 is 0 Å². The average molecular weight is 330 g/mol. The highest BCUT2D eigenvalue weighted by Crippen LogP contribution is 2.23. The first-order valence-electron chi connectivity index (χ1n) is 5.14. The minimum atomic E-state index is -1.25. The first-order valence-corrected chi connectivity index (χ1v) is 5.93. The average Bonchev–Trinajstić information content (AvgIpc) is 2.25. The molecule has 0 bridgehead atoms. The van der Waals surface area contributed by atoms with Gasteiger partial charge in [-0.1, -0.05) is 15.9 Å². The summed E-state index contributed by atoms with van der Waals surface area (Å²) in [5.41, 5.74) is 5.01. The summed E-state index contributed by atoms with van der Waals surface area (Å²) in [6, 6.07) is 5.11. The topological polar surface area (TPSA) is 43.1 Å². The third kappa shape index (κ3) is 2.78. The van der Waals surface area contributed by atoms with Gasteiger partial charge in [-0.2, -0.15) is 0 Å². The van der Waals surface area contributed by atoms with Gasteiger partial charge in [0.05, 0.1) is 5.56 Å². The van der Waals surface area contributed by atoms with E-state index in [-0.39, 0.29) is 11.3 Å². The summed E-state index contributed by atoms with van der Waals surface area (Å²) in [6.45, 7) is 0. The zero-order chi connectivity index (χ0) is 14.2.